The third-order valence-corrected chi connectivity index (χ3v) is 3.08. The molecule has 0 saturated carbocycles. The second-order valence-electron chi connectivity index (χ2n) is 4.81. The van der Waals surface area contributed by atoms with Gasteiger partial charge in [-0.15, -0.1) is 0 Å². The van der Waals surface area contributed by atoms with Gasteiger partial charge >= 0.3 is 5.97 Å². The Morgan fingerprint density at radius 3 is 2.50 bits per heavy atom. The van der Waals surface area contributed by atoms with Crippen molar-refractivity contribution in [3.05, 3.63) is 23.9 Å². The molecule has 0 atom stereocenters. The number of ether oxygens (including phenoxy) is 1. The Hall–Kier alpha value is -2.27. The molecule has 0 aromatic carbocycles. The van der Waals surface area contributed by atoms with Crippen LogP contribution in [0.2, 0.25) is 0 Å². The van der Waals surface area contributed by atoms with Crippen molar-refractivity contribution in [1.82, 2.24) is 4.90 Å². The van der Waals surface area contributed by atoms with Crippen LogP contribution in [0.4, 0.5) is 0 Å². The number of carbonyl (C=O) groups excluding carboxylic acids is 1. The molecule has 0 fully saturated rings. The standard InChI is InChI=1S/C17H25N3O2/c1-3-5-6-7-10-17(21)22-13-12-20(4-2)11-8-9-16(14-18)15-19/h8-9,11H,3-7,10,12-13H2,1-2H3/b11-8+. The molecule has 0 amide bonds. The van der Waals surface area contributed by atoms with Crippen molar-refractivity contribution in [2.24, 2.45) is 0 Å². The van der Waals surface area contributed by atoms with Crippen LogP contribution in [-0.2, 0) is 9.53 Å². The molecule has 120 valence electrons. The zero-order valence-corrected chi connectivity index (χ0v) is 13.5. The molecule has 0 bridgehead atoms. The molecule has 0 spiro atoms. The van der Waals surface area contributed by atoms with Crippen molar-refractivity contribution >= 4 is 5.97 Å². The molecule has 0 rings (SSSR count). The molecule has 0 aromatic heterocycles. The maximum Gasteiger partial charge on any atom is 0.305 e. The first-order valence-electron chi connectivity index (χ1n) is 7.76. The Bertz CT molecular complexity index is 440. The second kappa shape index (κ2) is 13.7. The third kappa shape index (κ3) is 10.5. The van der Waals surface area contributed by atoms with Crippen LogP contribution in [0.1, 0.15) is 46.0 Å². The Morgan fingerprint density at radius 2 is 1.91 bits per heavy atom. The summed E-state index contributed by atoms with van der Waals surface area (Å²) in [4.78, 5) is 13.5. The van der Waals surface area contributed by atoms with Crippen molar-refractivity contribution in [3.63, 3.8) is 0 Å². The topological polar surface area (TPSA) is 77.1 Å². The van der Waals surface area contributed by atoms with E-state index in [4.69, 9.17) is 15.3 Å². The largest absolute Gasteiger partial charge is 0.464 e. The third-order valence-electron chi connectivity index (χ3n) is 3.08. The van der Waals surface area contributed by atoms with Gasteiger partial charge in [-0.05, 0) is 31.7 Å². The minimum atomic E-state index is -0.146. The predicted molar refractivity (Wildman–Crippen MR) is 85.4 cm³/mol. The fourth-order valence-corrected chi connectivity index (χ4v) is 1.74. The van der Waals surface area contributed by atoms with Gasteiger partial charge in [-0.1, -0.05) is 26.2 Å². The minimum Gasteiger partial charge on any atom is -0.464 e. The first-order valence-corrected chi connectivity index (χ1v) is 7.76. The van der Waals surface area contributed by atoms with Crippen LogP contribution in [-0.4, -0.2) is 30.6 Å². The summed E-state index contributed by atoms with van der Waals surface area (Å²) in [5.74, 6) is -0.146. The Kier molecular flexibility index (Phi) is 12.3. The first kappa shape index (κ1) is 19.7. The van der Waals surface area contributed by atoms with Gasteiger partial charge in [0.2, 0.25) is 0 Å². The molecule has 0 aliphatic heterocycles. The number of hydrogen-bond acceptors (Lipinski definition) is 5. The number of rotatable bonds is 11. The van der Waals surface area contributed by atoms with E-state index >= 15 is 0 Å². The van der Waals surface area contributed by atoms with E-state index in [0.29, 0.717) is 19.6 Å². The summed E-state index contributed by atoms with van der Waals surface area (Å²) < 4.78 is 5.19. The fraction of sp³-hybridized carbons (Fsp3) is 0.588. The molecule has 0 heterocycles. The fourth-order valence-electron chi connectivity index (χ4n) is 1.74. The summed E-state index contributed by atoms with van der Waals surface area (Å²) in [6.45, 7) is 5.81. The highest BCUT2D eigenvalue weighted by Gasteiger charge is 2.03. The van der Waals surface area contributed by atoms with Gasteiger partial charge in [0.1, 0.15) is 24.3 Å². The number of carbonyl (C=O) groups is 1. The smallest absolute Gasteiger partial charge is 0.305 e. The Morgan fingerprint density at radius 1 is 1.18 bits per heavy atom. The van der Waals surface area contributed by atoms with E-state index in [0.717, 1.165) is 32.2 Å². The quantitative estimate of drug-likeness (QED) is 0.253. The number of esters is 1. The summed E-state index contributed by atoms with van der Waals surface area (Å²) in [5, 5.41) is 17.2. The molecule has 5 heteroatoms. The lowest BCUT2D eigenvalue weighted by molar-refractivity contribution is -0.144. The van der Waals surface area contributed by atoms with Crippen molar-refractivity contribution in [2.45, 2.75) is 46.0 Å². The van der Waals surface area contributed by atoms with Gasteiger partial charge in [0, 0.05) is 13.0 Å². The zero-order valence-electron chi connectivity index (χ0n) is 13.5. The van der Waals surface area contributed by atoms with Gasteiger partial charge in [0.25, 0.3) is 0 Å². The molecule has 0 unspecified atom stereocenters. The zero-order chi connectivity index (χ0) is 16.6. The molecule has 22 heavy (non-hydrogen) atoms. The molecule has 0 N–H and O–H groups in total. The van der Waals surface area contributed by atoms with Gasteiger partial charge in [-0.3, -0.25) is 4.79 Å². The van der Waals surface area contributed by atoms with Crippen molar-refractivity contribution in [1.29, 1.82) is 10.5 Å². The van der Waals surface area contributed by atoms with Gasteiger partial charge in [0.05, 0.1) is 6.54 Å². The van der Waals surface area contributed by atoms with Crippen molar-refractivity contribution in [2.75, 3.05) is 19.7 Å². The lowest BCUT2D eigenvalue weighted by atomic mass is 10.2. The molecule has 0 radical (unpaired) electrons. The molecule has 0 aliphatic carbocycles. The van der Waals surface area contributed by atoms with Crippen LogP contribution in [0.5, 0.6) is 0 Å². The average molecular weight is 303 g/mol. The van der Waals surface area contributed by atoms with Crippen molar-refractivity contribution < 1.29 is 9.53 Å². The van der Waals surface area contributed by atoms with Crippen LogP contribution in [0.15, 0.2) is 23.9 Å². The van der Waals surface area contributed by atoms with Crippen molar-refractivity contribution in [3.8, 4) is 12.1 Å². The van der Waals surface area contributed by atoms with E-state index in [1.165, 1.54) is 6.08 Å². The minimum absolute atomic E-state index is 0.0609. The maximum absolute atomic E-state index is 11.5. The van der Waals surface area contributed by atoms with Gasteiger partial charge in [-0.2, -0.15) is 10.5 Å². The highest BCUT2D eigenvalue weighted by molar-refractivity contribution is 5.69. The molecule has 0 aliphatic rings. The monoisotopic (exact) mass is 303 g/mol. The van der Waals surface area contributed by atoms with E-state index in [2.05, 4.69) is 6.92 Å². The van der Waals surface area contributed by atoms with E-state index in [1.807, 2.05) is 11.8 Å². The van der Waals surface area contributed by atoms with Crippen LogP contribution in [0.25, 0.3) is 0 Å². The summed E-state index contributed by atoms with van der Waals surface area (Å²) in [5.41, 5.74) is 0.0609. The summed E-state index contributed by atoms with van der Waals surface area (Å²) in [6, 6.07) is 3.58. The van der Waals surface area contributed by atoms with Crippen LogP contribution in [0, 0.1) is 22.7 Å². The maximum atomic E-state index is 11.5. The average Bonchev–Trinajstić information content (AvgIpc) is 2.54. The number of hydrogen-bond donors (Lipinski definition) is 0. The summed E-state index contributed by atoms with van der Waals surface area (Å²) in [7, 11) is 0. The number of unbranched alkanes of at least 4 members (excludes halogenated alkanes) is 3. The Balaban J connectivity index is 3.98. The highest BCUT2D eigenvalue weighted by atomic mass is 16.5. The number of likely N-dealkylation sites (N-methyl/N-ethyl adjacent to an activating group) is 1. The lowest BCUT2D eigenvalue weighted by Gasteiger charge is -2.17. The van der Waals surface area contributed by atoms with Crippen LogP contribution in [0.3, 0.4) is 0 Å². The van der Waals surface area contributed by atoms with Crippen LogP contribution < -0.4 is 0 Å². The predicted octanol–water partition coefficient (Wildman–Crippen LogP) is 3.31. The van der Waals surface area contributed by atoms with E-state index < -0.39 is 0 Å². The van der Waals surface area contributed by atoms with E-state index in [-0.39, 0.29) is 11.5 Å². The summed E-state index contributed by atoms with van der Waals surface area (Å²) in [6.07, 6.45) is 9.65. The normalized spacial score (nSPS) is 9.82. The SMILES string of the molecule is CCCCCCC(=O)OCCN(/C=C/C=C(C#N)C#N)CC. The molecular formula is C17H25N3O2. The lowest BCUT2D eigenvalue weighted by Crippen LogP contribution is -2.23. The van der Waals surface area contributed by atoms with Crippen LogP contribution >= 0.6 is 0 Å². The number of nitrogens with zero attached hydrogens (tertiary/aromatic N) is 3. The van der Waals surface area contributed by atoms with Gasteiger partial charge in [0.15, 0.2) is 0 Å². The van der Waals surface area contributed by atoms with Gasteiger partial charge in [-0.25, -0.2) is 0 Å². The van der Waals surface area contributed by atoms with E-state index in [9.17, 15) is 4.79 Å². The Labute approximate surface area is 133 Å². The molecule has 0 aromatic rings. The molecule has 5 nitrogen and oxygen atoms in total. The van der Waals surface area contributed by atoms with Gasteiger partial charge < -0.3 is 9.64 Å². The first-order chi connectivity index (χ1) is 10.7. The highest BCUT2D eigenvalue weighted by Crippen LogP contribution is 2.03. The number of allylic oxidation sites excluding steroid dienone is 3. The molecular weight excluding hydrogens is 278 g/mol. The number of nitriles is 2. The second-order valence-corrected chi connectivity index (χ2v) is 4.81. The molecule has 0 saturated heterocycles. The summed E-state index contributed by atoms with van der Waals surface area (Å²) >= 11 is 0. The van der Waals surface area contributed by atoms with E-state index in [1.54, 1.807) is 24.4 Å².